The number of carboxylic acids is 1. The predicted molar refractivity (Wildman–Crippen MR) is 72.8 cm³/mol. The first-order valence-electron chi connectivity index (χ1n) is 6.04. The van der Waals surface area contributed by atoms with Crippen LogP contribution in [-0.4, -0.2) is 35.3 Å². The molecule has 2 N–H and O–H groups in total. The molecule has 2 unspecified atom stereocenters. The van der Waals surface area contributed by atoms with Crippen molar-refractivity contribution in [1.29, 1.82) is 0 Å². The molecule has 6 heteroatoms. The van der Waals surface area contributed by atoms with Crippen molar-refractivity contribution in [2.24, 2.45) is 5.41 Å². The SMILES string of the molecule is COC1CC(Nc2ncc(C(=O)O)cc2Cl)C1(C)C. The van der Waals surface area contributed by atoms with Crippen molar-refractivity contribution in [2.45, 2.75) is 32.4 Å². The summed E-state index contributed by atoms with van der Waals surface area (Å²) in [6, 6.07) is 1.61. The first kappa shape index (κ1) is 14.1. The van der Waals surface area contributed by atoms with E-state index in [-0.39, 0.29) is 23.1 Å². The summed E-state index contributed by atoms with van der Waals surface area (Å²) in [5.74, 6) is -0.524. The number of carbonyl (C=O) groups is 1. The van der Waals surface area contributed by atoms with Crippen molar-refractivity contribution in [3.63, 3.8) is 0 Å². The summed E-state index contributed by atoms with van der Waals surface area (Å²) in [5.41, 5.74) is 0.0730. The van der Waals surface area contributed by atoms with Gasteiger partial charge in [0, 0.05) is 24.8 Å². The number of halogens is 1. The quantitative estimate of drug-likeness (QED) is 0.889. The van der Waals surface area contributed by atoms with E-state index in [0.717, 1.165) is 6.42 Å². The average Bonchev–Trinajstić information content (AvgIpc) is 2.35. The van der Waals surface area contributed by atoms with Crippen LogP contribution in [0.25, 0.3) is 0 Å². The molecule has 2 atom stereocenters. The van der Waals surface area contributed by atoms with E-state index in [4.69, 9.17) is 21.4 Å². The molecule has 5 nitrogen and oxygen atoms in total. The lowest BCUT2D eigenvalue weighted by Gasteiger charge is -2.51. The zero-order valence-electron chi connectivity index (χ0n) is 11.1. The Morgan fingerprint density at radius 3 is 2.79 bits per heavy atom. The largest absolute Gasteiger partial charge is 0.478 e. The third kappa shape index (κ3) is 2.53. The van der Waals surface area contributed by atoms with Gasteiger partial charge in [0.2, 0.25) is 0 Å². The standard InChI is InChI=1S/C13H17ClN2O3/c1-13(2)9(5-10(13)19-3)16-11-8(14)4-7(6-15-11)12(17)18/h4,6,9-10H,5H2,1-3H3,(H,15,16)(H,17,18). The molecule has 0 aromatic carbocycles. The van der Waals surface area contributed by atoms with Gasteiger partial charge in [0.1, 0.15) is 5.82 Å². The Morgan fingerprint density at radius 2 is 2.32 bits per heavy atom. The minimum Gasteiger partial charge on any atom is -0.478 e. The number of pyridine rings is 1. The second-order valence-corrected chi connectivity index (χ2v) is 5.75. The molecule has 1 saturated carbocycles. The zero-order chi connectivity index (χ0) is 14.2. The molecule has 0 spiro atoms. The Morgan fingerprint density at radius 1 is 1.63 bits per heavy atom. The van der Waals surface area contributed by atoms with Gasteiger partial charge in [-0.1, -0.05) is 25.4 Å². The van der Waals surface area contributed by atoms with Crippen LogP contribution in [0.3, 0.4) is 0 Å². The minimum atomic E-state index is -1.04. The molecule has 0 aliphatic heterocycles. The van der Waals surface area contributed by atoms with Crippen LogP contribution >= 0.6 is 11.6 Å². The van der Waals surface area contributed by atoms with Crippen LogP contribution in [0.5, 0.6) is 0 Å². The summed E-state index contributed by atoms with van der Waals surface area (Å²) in [5, 5.41) is 12.4. The van der Waals surface area contributed by atoms with E-state index in [0.29, 0.717) is 10.8 Å². The molecule has 1 fully saturated rings. The van der Waals surface area contributed by atoms with E-state index in [1.807, 2.05) is 0 Å². The number of ether oxygens (including phenoxy) is 1. The molecular weight excluding hydrogens is 268 g/mol. The highest BCUT2D eigenvalue weighted by Crippen LogP contribution is 2.44. The highest BCUT2D eigenvalue weighted by molar-refractivity contribution is 6.33. The maximum atomic E-state index is 10.8. The second-order valence-electron chi connectivity index (χ2n) is 5.34. The average molecular weight is 285 g/mol. The molecule has 0 bridgehead atoms. The molecule has 2 rings (SSSR count). The molecule has 0 saturated heterocycles. The van der Waals surface area contributed by atoms with Crippen LogP contribution < -0.4 is 5.32 Å². The first-order chi connectivity index (χ1) is 8.86. The maximum absolute atomic E-state index is 10.8. The van der Waals surface area contributed by atoms with Gasteiger partial charge in [-0.15, -0.1) is 0 Å². The monoisotopic (exact) mass is 284 g/mol. The Labute approximate surface area is 116 Å². The molecule has 1 aliphatic carbocycles. The number of aromatic carboxylic acids is 1. The first-order valence-corrected chi connectivity index (χ1v) is 6.42. The number of rotatable bonds is 4. The lowest BCUT2D eigenvalue weighted by molar-refractivity contribution is -0.0795. The smallest absolute Gasteiger partial charge is 0.337 e. The highest BCUT2D eigenvalue weighted by atomic mass is 35.5. The molecule has 1 aromatic heterocycles. The van der Waals surface area contributed by atoms with E-state index >= 15 is 0 Å². The predicted octanol–water partition coefficient (Wildman–Crippen LogP) is 2.66. The number of hydrogen-bond donors (Lipinski definition) is 2. The number of hydrogen-bond acceptors (Lipinski definition) is 4. The van der Waals surface area contributed by atoms with Gasteiger partial charge in [-0.3, -0.25) is 0 Å². The Kier molecular flexibility index (Phi) is 3.69. The van der Waals surface area contributed by atoms with Crippen LogP contribution in [-0.2, 0) is 4.74 Å². The fraction of sp³-hybridized carbons (Fsp3) is 0.538. The van der Waals surface area contributed by atoms with Gasteiger partial charge in [0.05, 0.1) is 16.7 Å². The van der Waals surface area contributed by atoms with E-state index in [1.54, 1.807) is 7.11 Å². The number of nitrogens with zero attached hydrogens (tertiary/aromatic N) is 1. The molecule has 1 aliphatic rings. The van der Waals surface area contributed by atoms with Gasteiger partial charge >= 0.3 is 5.97 Å². The summed E-state index contributed by atoms with van der Waals surface area (Å²) in [4.78, 5) is 14.9. The summed E-state index contributed by atoms with van der Waals surface area (Å²) in [6.45, 7) is 4.23. The van der Waals surface area contributed by atoms with E-state index in [2.05, 4.69) is 24.1 Å². The van der Waals surface area contributed by atoms with Crippen LogP contribution in [0.4, 0.5) is 5.82 Å². The lowest BCUT2D eigenvalue weighted by atomic mass is 9.64. The van der Waals surface area contributed by atoms with Crippen molar-refractivity contribution in [3.8, 4) is 0 Å². The molecule has 19 heavy (non-hydrogen) atoms. The van der Waals surface area contributed by atoms with Crippen molar-refractivity contribution in [2.75, 3.05) is 12.4 Å². The van der Waals surface area contributed by atoms with Crippen LogP contribution in [0.15, 0.2) is 12.3 Å². The highest BCUT2D eigenvalue weighted by Gasteiger charge is 2.48. The van der Waals surface area contributed by atoms with Gasteiger partial charge in [0.15, 0.2) is 0 Å². The molecule has 0 radical (unpaired) electrons. The zero-order valence-corrected chi connectivity index (χ0v) is 11.9. The van der Waals surface area contributed by atoms with Crippen molar-refractivity contribution in [3.05, 3.63) is 22.8 Å². The maximum Gasteiger partial charge on any atom is 0.337 e. The summed E-state index contributed by atoms with van der Waals surface area (Å²) in [6.07, 6.45) is 2.39. The number of anilines is 1. The van der Waals surface area contributed by atoms with E-state index in [9.17, 15) is 4.79 Å². The van der Waals surface area contributed by atoms with Gasteiger partial charge < -0.3 is 15.2 Å². The molecule has 0 amide bonds. The van der Waals surface area contributed by atoms with Gasteiger partial charge in [-0.05, 0) is 12.5 Å². The molecule has 1 heterocycles. The summed E-state index contributed by atoms with van der Waals surface area (Å²) >= 11 is 6.04. The minimum absolute atomic E-state index is 0.00870. The Balaban J connectivity index is 2.11. The van der Waals surface area contributed by atoms with Crippen LogP contribution in [0, 0.1) is 5.41 Å². The number of aromatic nitrogens is 1. The fourth-order valence-electron chi connectivity index (χ4n) is 2.36. The number of carboxylic acid groups (broad SMARTS) is 1. The third-order valence-electron chi connectivity index (χ3n) is 3.86. The van der Waals surface area contributed by atoms with Crippen molar-refractivity contribution < 1.29 is 14.6 Å². The van der Waals surface area contributed by atoms with Gasteiger partial charge in [-0.25, -0.2) is 9.78 Å². The molecule has 1 aromatic rings. The number of nitrogens with one attached hydrogen (secondary N) is 1. The van der Waals surface area contributed by atoms with Crippen LogP contribution in [0.2, 0.25) is 5.02 Å². The van der Waals surface area contributed by atoms with Gasteiger partial charge in [-0.2, -0.15) is 0 Å². The van der Waals surface area contributed by atoms with Crippen molar-refractivity contribution in [1.82, 2.24) is 4.98 Å². The lowest BCUT2D eigenvalue weighted by Crippen LogP contribution is -2.57. The molecule has 104 valence electrons. The fourth-order valence-corrected chi connectivity index (χ4v) is 2.58. The second kappa shape index (κ2) is 4.98. The summed E-state index contributed by atoms with van der Waals surface area (Å²) in [7, 11) is 1.70. The normalized spacial score (nSPS) is 24.6. The Bertz CT molecular complexity index is 505. The summed E-state index contributed by atoms with van der Waals surface area (Å²) < 4.78 is 5.38. The van der Waals surface area contributed by atoms with Crippen molar-refractivity contribution >= 4 is 23.4 Å². The van der Waals surface area contributed by atoms with E-state index in [1.165, 1.54) is 12.3 Å². The Hall–Kier alpha value is -1.33. The van der Waals surface area contributed by atoms with E-state index < -0.39 is 5.97 Å². The van der Waals surface area contributed by atoms with Gasteiger partial charge in [0.25, 0.3) is 0 Å². The third-order valence-corrected chi connectivity index (χ3v) is 4.15. The van der Waals surface area contributed by atoms with Crippen LogP contribution in [0.1, 0.15) is 30.6 Å². The molecular formula is C13H17ClN2O3. The topological polar surface area (TPSA) is 71.5 Å². The number of methoxy groups -OCH3 is 1.